The Bertz CT molecular complexity index is 543. The van der Waals surface area contributed by atoms with E-state index in [-0.39, 0.29) is 6.04 Å². The first-order valence-corrected chi connectivity index (χ1v) is 6.59. The van der Waals surface area contributed by atoms with E-state index < -0.39 is 0 Å². The van der Waals surface area contributed by atoms with Gasteiger partial charge in [-0.3, -0.25) is 0 Å². The summed E-state index contributed by atoms with van der Waals surface area (Å²) >= 11 is 15.4. The van der Waals surface area contributed by atoms with E-state index in [1.165, 1.54) is 0 Å². The molecule has 0 aliphatic rings. The van der Waals surface area contributed by atoms with Crippen LogP contribution in [0.1, 0.15) is 17.2 Å². The first kappa shape index (κ1) is 12.9. The number of halogens is 3. The van der Waals surface area contributed by atoms with Gasteiger partial charge in [-0.15, -0.1) is 0 Å². The molecule has 1 unspecified atom stereocenters. The lowest BCUT2D eigenvalue weighted by atomic mass is 10.00. The lowest BCUT2D eigenvalue weighted by Crippen LogP contribution is -2.12. The van der Waals surface area contributed by atoms with Crippen LogP contribution in [0.25, 0.3) is 0 Å². The van der Waals surface area contributed by atoms with Crippen LogP contribution in [0.15, 0.2) is 46.9 Å². The molecule has 1 nitrogen and oxygen atoms in total. The molecule has 0 saturated carbocycles. The van der Waals surface area contributed by atoms with E-state index >= 15 is 0 Å². The van der Waals surface area contributed by atoms with Gasteiger partial charge in [0.1, 0.15) is 0 Å². The fourth-order valence-electron chi connectivity index (χ4n) is 1.63. The number of hydrogen-bond donors (Lipinski definition) is 1. The van der Waals surface area contributed by atoms with Gasteiger partial charge < -0.3 is 5.73 Å². The average Bonchev–Trinajstić information content (AvgIpc) is 2.28. The zero-order valence-electron chi connectivity index (χ0n) is 8.83. The van der Waals surface area contributed by atoms with Gasteiger partial charge in [-0.2, -0.15) is 0 Å². The highest BCUT2D eigenvalue weighted by Gasteiger charge is 2.12. The van der Waals surface area contributed by atoms with Crippen molar-refractivity contribution in [3.8, 4) is 0 Å². The molecule has 88 valence electrons. The quantitative estimate of drug-likeness (QED) is 0.840. The summed E-state index contributed by atoms with van der Waals surface area (Å²) in [6, 6.07) is 13.0. The second-order valence-corrected chi connectivity index (χ2v) is 5.46. The number of rotatable bonds is 2. The predicted octanol–water partition coefficient (Wildman–Crippen LogP) is 4.80. The van der Waals surface area contributed by atoms with E-state index in [0.717, 1.165) is 15.6 Å². The van der Waals surface area contributed by atoms with Gasteiger partial charge >= 0.3 is 0 Å². The molecule has 2 N–H and O–H groups in total. The number of hydrogen-bond acceptors (Lipinski definition) is 1. The Labute approximate surface area is 119 Å². The highest BCUT2D eigenvalue weighted by Crippen LogP contribution is 2.29. The van der Waals surface area contributed by atoms with Crippen LogP contribution in [0.3, 0.4) is 0 Å². The molecule has 2 aromatic carbocycles. The van der Waals surface area contributed by atoms with Gasteiger partial charge in [-0.25, -0.2) is 0 Å². The third kappa shape index (κ3) is 3.02. The zero-order valence-corrected chi connectivity index (χ0v) is 11.9. The van der Waals surface area contributed by atoms with Crippen molar-refractivity contribution in [3.63, 3.8) is 0 Å². The standard InChI is InChI=1S/C13H10BrCl2N/c14-9-3-1-2-8(6-9)13(17)11-5-4-10(15)7-12(11)16/h1-7,13H,17H2. The summed E-state index contributed by atoms with van der Waals surface area (Å²) in [7, 11) is 0. The SMILES string of the molecule is NC(c1cccc(Br)c1)c1ccc(Cl)cc1Cl. The zero-order chi connectivity index (χ0) is 12.4. The molecule has 0 saturated heterocycles. The fraction of sp³-hybridized carbons (Fsp3) is 0.0769. The minimum absolute atomic E-state index is 0.253. The van der Waals surface area contributed by atoms with Crippen molar-refractivity contribution < 1.29 is 0 Å². The first-order valence-electron chi connectivity index (χ1n) is 5.04. The van der Waals surface area contributed by atoms with Gasteiger partial charge in [-0.1, -0.05) is 57.3 Å². The monoisotopic (exact) mass is 329 g/mol. The summed E-state index contributed by atoms with van der Waals surface area (Å²) in [6.07, 6.45) is 0. The van der Waals surface area contributed by atoms with E-state index in [1.807, 2.05) is 30.3 Å². The van der Waals surface area contributed by atoms with Gasteiger partial charge in [0.25, 0.3) is 0 Å². The molecule has 17 heavy (non-hydrogen) atoms. The third-order valence-electron chi connectivity index (χ3n) is 2.51. The molecule has 0 spiro atoms. The highest BCUT2D eigenvalue weighted by molar-refractivity contribution is 9.10. The van der Waals surface area contributed by atoms with Crippen molar-refractivity contribution >= 4 is 39.1 Å². The lowest BCUT2D eigenvalue weighted by molar-refractivity contribution is 0.871. The fourth-order valence-corrected chi connectivity index (χ4v) is 2.58. The Morgan fingerprint density at radius 3 is 2.47 bits per heavy atom. The second kappa shape index (κ2) is 5.40. The maximum Gasteiger partial charge on any atom is 0.0566 e. The highest BCUT2D eigenvalue weighted by atomic mass is 79.9. The molecule has 2 rings (SSSR count). The third-order valence-corrected chi connectivity index (χ3v) is 3.56. The maximum absolute atomic E-state index is 6.19. The van der Waals surface area contributed by atoms with E-state index in [0.29, 0.717) is 10.0 Å². The van der Waals surface area contributed by atoms with Crippen LogP contribution < -0.4 is 5.73 Å². The van der Waals surface area contributed by atoms with Gasteiger partial charge in [0.15, 0.2) is 0 Å². The molecule has 0 heterocycles. The molecule has 1 atom stereocenters. The molecular weight excluding hydrogens is 321 g/mol. The Morgan fingerprint density at radius 2 is 1.82 bits per heavy atom. The van der Waals surface area contributed by atoms with Gasteiger partial charge in [-0.05, 0) is 35.4 Å². The van der Waals surface area contributed by atoms with Crippen LogP contribution in [0.2, 0.25) is 10.0 Å². The molecule has 0 aromatic heterocycles. The number of benzene rings is 2. The summed E-state index contributed by atoms with van der Waals surface area (Å²) in [6.45, 7) is 0. The molecule has 0 radical (unpaired) electrons. The lowest BCUT2D eigenvalue weighted by Gasteiger charge is -2.14. The summed E-state index contributed by atoms with van der Waals surface area (Å²) in [5, 5.41) is 1.20. The van der Waals surface area contributed by atoms with Crippen LogP contribution >= 0.6 is 39.1 Å². The molecule has 0 fully saturated rings. The Hall–Kier alpha value is -0.540. The van der Waals surface area contributed by atoms with E-state index in [1.54, 1.807) is 12.1 Å². The number of nitrogens with two attached hydrogens (primary N) is 1. The van der Waals surface area contributed by atoms with E-state index in [4.69, 9.17) is 28.9 Å². The van der Waals surface area contributed by atoms with Gasteiger partial charge in [0.05, 0.1) is 6.04 Å². The Morgan fingerprint density at radius 1 is 1.06 bits per heavy atom. The van der Waals surface area contributed by atoms with Crippen LogP contribution in [0.5, 0.6) is 0 Å². The molecule has 0 aliphatic heterocycles. The predicted molar refractivity (Wildman–Crippen MR) is 76.6 cm³/mol. The van der Waals surface area contributed by atoms with Crippen LogP contribution in [0.4, 0.5) is 0 Å². The average molecular weight is 331 g/mol. The van der Waals surface area contributed by atoms with Crippen LogP contribution in [0, 0.1) is 0 Å². The molecule has 0 bridgehead atoms. The summed E-state index contributed by atoms with van der Waals surface area (Å²) in [4.78, 5) is 0. The maximum atomic E-state index is 6.19. The van der Waals surface area contributed by atoms with Crippen molar-refractivity contribution in [3.05, 3.63) is 68.1 Å². The molecule has 4 heteroatoms. The topological polar surface area (TPSA) is 26.0 Å². The van der Waals surface area contributed by atoms with Crippen LogP contribution in [-0.2, 0) is 0 Å². The second-order valence-electron chi connectivity index (χ2n) is 3.70. The van der Waals surface area contributed by atoms with Crippen molar-refractivity contribution in [2.75, 3.05) is 0 Å². The smallest absolute Gasteiger partial charge is 0.0566 e. The van der Waals surface area contributed by atoms with E-state index in [9.17, 15) is 0 Å². The molecular formula is C13H10BrCl2N. The van der Waals surface area contributed by atoms with E-state index in [2.05, 4.69) is 15.9 Å². The largest absolute Gasteiger partial charge is 0.320 e. The first-order chi connectivity index (χ1) is 8.08. The Kier molecular flexibility index (Phi) is 4.10. The Balaban J connectivity index is 2.40. The van der Waals surface area contributed by atoms with Crippen molar-refractivity contribution in [1.29, 1.82) is 0 Å². The van der Waals surface area contributed by atoms with Gasteiger partial charge in [0, 0.05) is 14.5 Å². The minimum atomic E-state index is -0.253. The van der Waals surface area contributed by atoms with Gasteiger partial charge in [0.2, 0.25) is 0 Å². The summed E-state index contributed by atoms with van der Waals surface area (Å²) < 4.78 is 0.996. The van der Waals surface area contributed by atoms with Crippen LogP contribution in [-0.4, -0.2) is 0 Å². The minimum Gasteiger partial charge on any atom is -0.320 e. The van der Waals surface area contributed by atoms with Crippen molar-refractivity contribution in [2.24, 2.45) is 5.73 Å². The summed E-state index contributed by atoms with van der Waals surface area (Å²) in [5.41, 5.74) is 8.06. The summed E-state index contributed by atoms with van der Waals surface area (Å²) in [5.74, 6) is 0. The van der Waals surface area contributed by atoms with Crippen molar-refractivity contribution in [2.45, 2.75) is 6.04 Å². The molecule has 0 amide bonds. The molecule has 0 aliphatic carbocycles. The molecule has 2 aromatic rings. The normalized spacial score (nSPS) is 12.5. The van der Waals surface area contributed by atoms with Crippen molar-refractivity contribution in [1.82, 2.24) is 0 Å².